The van der Waals surface area contributed by atoms with Gasteiger partial charge in [0, 0.05) is 5.54 Å². The predicted octanol–water partition coefficient (Wildman–Crippen LogP) is 3.19. The molecule has 100 valence electrons. The van der Waals surface area contributed by atoms with E-state index in [4.69, 9.17) is 0 Å². The van der Waals surface area contributed by atoms with Gasteiger partial charge in [0.1, 0.15) is 0 Å². The normalized spacial score (nSPS) is 29.1. The SMILES string of the molecule is CCC(C)C(O)C1(N2CCCCC2)CCCC1. The van der Waals surface area contributed by atoms with E-state index in [9.17, 15) is 5.11 Å². The van der Waals surface area contributed by atoms with Crippen LogP contribution in [0, 0.1) is 5.92 Å². The van der Waals surface area contributed by atoms with Gasteiger partial charge in [-0.2, -0.15) is 0 Å². The zero-order valence-corrected chi connectivity index (χ0v) is 11.6. The van der Waals surface area contributed by atoms with Gasteiger partial charge in [0.2, 0.25) is 0 Å². The van der Waals surface area contributed by atoms with Gasteiger partial charge in [-0.1, -0.05) is 39.5 Å². The Balaban J connectivity index is 2.13. The van der Waals surface area contributed by atoms with Crippen LogP contribution in [0.4, 0.5) is 0 Å². The van der Waals surface area contributed by atoms with Crippen LogP contribution in [-0.2, 0) is 0 Å². The predicted molar refractivity (Wildman–Crippen MR) is 72.1 cm³/mol. The molecule has 0 radical (unpaired) electrons. The summed E-state index contributed by atoms with van der Waals surface area (Å²) in [6.45, 7) is 6.85. The lowest BCUT2D eigenvalue weighted by molar-refractivity contribution is -0.0636. The molecule has 2 nitrogen and oxygen atoms in total. The van der Waals surface area contributed by atoms with Gasteiger partial charge in [-0.3, -0.25) is 4.90 Å². The Morgan fingerprint density at radius 1 is 1.06 bits per heavy atom. The van der Waals surface area contributed by atoms with Crippen LogP contribution in [0.2, 0.25) is 0 Å². The van der Waals surface area contributed by atoms with Crippen LogP contribution in [-0.4, -0.2) is 34.7 Å². The Morgan fingerprint density at radius 3 is 2.18 bits per heavy atom. The average molecular weight is 239 g/mol. The van der Waals surface area contributed by atoms with Crippen LogP contribution in [0.25, 0.3) is 0 Å². The Bertz CT molecular complexity index is 225. The summed E-state index contributed by atoms with van der Waals surface area (Å²) in [4.78, 5) is 2.64. The van der Waals surface area contributed by atoms with Gasteiger partial charge in [-0.15, -0.1) is 0 Å². The molecule has 2 unspecified atom stereocenters. The van der Waals surface area contributed by atoms with Crippen LogP contribution in [0.15, 0.2) is 0 Å². The molecule has 0 amide bonds. The number of hydrogen-bond donors (Lipinski definition) is 1. The molecule has 2 heteroatoms. The quantitative estimate of drug-likeness (QED) is 0.814. The van der Waals surface area contributed by atoms with Crippen molar-refractivity contribution in [1.82, 2.24) is 4.90 Å². The van der Waals surface area contributed by atoms with Gasteiger partial charge in [0.05, 0.1) is 6.10 Å². The number of aliphatic hydroxyl groups is 1. The highest BCUT2D eigenvalue weighted by Crippen LogP contribution is 2.42. The van der Waals surface area contributed by atoms with Crippen molar-refractivity contribution >= 4 is 0 Å². The molecule has 17 heavy (non-hydrogen) atoms. The molecule has 0 aromatic rings. The Kier molecular flexibility index (Phi) is 4.48. The molecule has 1 aliphatic heterocycles. The number of hydrogen-bond acceptors (Lipinski definition) is 2. The zero-order chi connectivity index (χ0) is 12.3. The standard InChI is InChI=1S/C15H29NO/c1-3-13(2)14(17)15(9-5-6-10-15)16-11-7-4-8-12-16/h13-14,17H,3-12H2,1-2H3. The Labute approximate surface area is 106 Å². The highest BCUT2D eigenvalue weighted by Gasteiger charge is 2.46. The lowest BCUT2D eigenvalue weighted by Crippen LogP contribution is -2.58. The molecular formula is C15H29NO. The molecule has 0 aromatic heterocycles. The monoisotopic (exact) mass is 239 g/mol. The van der Waals surface area contributed by atoms with Crippen molar-refractivity contribution in [3.8, 4) is 0 Å². The van der Waals surface area contributed by atoms with E-state index in [1.807, 2.05) is 0 Å². The van der Waals surface area contributed by atoms with E-state index in [1.165, 1.54) is 58.0 Å². The maximum absolute atomic E-state index is 10.8. The first-order chi connectivity index (χ1) is 8.20. The van der Waals surface area contributed by atoms with Gasteiger partial charge in [0.25, 0.3) is 0 Å². The lowest BCUT2D eigenvalue weighted by atomic mass is 9.79. The fourth-order valence-corrected chi connectivity index (χ4v) is 3.88. The fraction of sp³-hybridized carbons (Fsp3) is 1.00. The number of nitrogens with zero attached hydrogens (tertiary/aromatic N) is 1. The molecule has 2 aliphatic rings. The minimum Gasteiger partial charge on any atom is -0.391 e. The van der Waals surface area contributed by atoms with E-state index >= 15 is 0 Å². The van der Waals surface area contributed by atoms with Crippen LogP contribution < -0.4 is 0 Å². The zero-order valence-electron chi connectivity index (χ0n) is 11.6. The second kappa shape index (κ2) is 5.71. The van der Waals surface area contributed by atoms with E-state index in [2.05, 4.69) is 18.7 Å². The molecule has 1 aliphatic carbocycles. The number of aliphatic hydroxyl groups excluding tert-OH is 1. The number of likely N-dealkylation sites (tertiary alicyclic amines) is 1. The molecular weight excluding hydrogens is 210 g/mol. The van der Waals surface area contributed by atoms with E-state index in [1.54, 1.807) is 0 Å². The molecule has 1 N–H and O–H groups in total. The highest BCUT2D eigenvalue weighted by atomic mass is 16.3. The van der Waals surface area contributed by atoms with E-state index in [0.29, 0.717) is 5.92 Å². The van der Waals surface area contributed by atoms with Gasteiger partial charge in [0.15, 0.2) is 0 Å². The molecule has 2 rings (SSSR count). The molecule has 1 heterocycles. The Morgan fingerprint density at radius 2 is 1.65 bits per heavy atom. The molecule has 1 saturated carbocycles. The third-order valence-corrected chi connectivity index (χ3v) is 5.19. The lowest BCUT2D eigenvalue weighted by Gasteiger charge is -2.48. The minimum atomic E-state index is -0.118. The van der Waals surface area contributed by atoms with E-state index in [0.717, 1.165) is 6.42 Å². The second-order valence-corrected chi connectivity index (χ2v) is 6.19. The summed E-state index contributed by atoms with van der Waals surface area (Å²) in [7, 11) is 0. The second-order valence-electron chi connectivity index (χ2n) is 6.19. The van der Waals surface area contributed by atoms with Crippen LogP contribution in [0.3, 0.4) is 0 Å². The fourth-order valence-electron chi connectivity index (χ4n) is 3.88. The number of rotatable bonds is 4. The summed E-state index contributed by atoms with van der Waals surface area (Å²) in [6.07, 6.45) is 10.1. The highest BCUT2D eigenvalue weighted by molar-refractivity contribution is 5.02. The topological polar surface area (TPSA) is 23.5 Å². The van der Waals surface area contributed by atoms with Gasteiger partial charge in [-0.05, 0) is 44.7 Å². The van der Waals surface area contributed by atoms with Crippen LogP contribution in [0.5, 0.6) is 0 Å². The smallest absolute Gasteiger partial charge is 0.0749 e. The molecule has 2 fully saturated rings. The largest absolute Gasteiger partial charge is 0.391 e. The van der Waals surface area contributed by atoms with E-state index in [-0.39, 0.29) is 11.6 Å². The molecule has 0 bridgehead atoms. The summed E-state index contributed by atoms with van der Waals surface area (Å²) in [5.74, 6) is 0.440. The maximum atomic E-state index is 10.8. The van der Waals surface area contributed by atoms with Crippen molar-refractivity contribution in [2.75, 3.05) is 13.1 Å². The first-order valence-electron chi connectivity index (χ1n) is 7.64. The summed E-state index contributed by atoms with van der Waals surface area (Å²) in [5, 5.41) is 10.8. The first-order valence-corrected chi connectivity index (χ1v) is 7.64. The molecule has 2 atom stereocenters. The third kappa shape index (κ3) is 2.53. The van der Waals surface area contributed by atoms with Gasteiger partial charge >= 0.3 is 0 Å². The van der Waals surface area contributed by atoms with Crippen molar-refractivity contribution in [3.05, 3.63) is 0 Å². The molecule has 0 spiro atoms. The first kappa shape index (κ1) is 13.4. The molecule has 0 aromatic carbocycles. The summed E-state index contributed by atoms with van der Waals surface area (Å²) in [5.41, 5.74) is 0.135. The Hall–Kier alpha value is -0.0800. The van der Waals surface area contributed by atoms with Crippen molar-refractivity contribution in [1.29, 1.82) is 0 Å². The molecule has 1 saturated heterocycles. The van der Waals surface area contributed by atoms with Crippen LogP contribution >= 0.6 is 0 Å². The number of piperidine rings is 1. The van der Waals surface area contributed by atoms with Crippen molar-refractivity contribution in [2.24, 2.45) is 5.92 Å². The van der Waals surface area contributed by atoms with Crippen LogP contribution in [0.1, 0.15) is 65.2 Å². The van der Waals surface area contributed by atoms with Crippen molar-refractivity contribution in [3.63, 3.8) is 0 Å². The summed E-state index contributed by atoms with van der Waals surface area (Å²) >= 11 is 0. The van der Waals surface area contributed by atoms with Gasteiger partial charge < -0.3 is 5.11 Å². The average Bonchev–Trinajstić information content (AvgIpc) is 2.88. The third-order valence-electron chi connectivity index (χ3n) is 5.19. The summed E-state index contributed by atoms with van der Waals surface area (Å²) < 4.78 is 0. The van der Waals surface area contributed by atoms with Gasteiger partial charge in [-0.25, -0.2) is 0 Å². The maximum Gasteiger partial charge on any atom is 0.0749 e. The minimum absolute atomic E-state index is 0.118. The summed E-state index contributed by atoms with van der Waals surface area (Å²) in [6, 6.07) is 0. The van der Waals surface area contributed by atoms with Crippen molar-refractivity contribution in [2.45, 2.75) is 76.9 Å². The van der Waals surface area contributed by atoms with Crippen molar-refractivity contribution < 1.29 is 5.11 Å². The van der Waals surface area contributed by atoms with E-state index < -0.39 is 0 Å².